The van der Waals surface area contributed by atoms with Crippen LogP contribution < -0.4 is 5.32 Å². The Balaban J connectivity index is 2.03. The molecule has 2 rings (SSSR count). The lowest BCUT2D eigenvalue weighted by Crippen LogP contribution is -2.30. The number of benzene rings is 1. The molecule has 23 heavy (non-hydrogen) atoms. The van der Waals surface area contributed by atoms with Crippen molar-refractivity contribution in [1.29, 1.82) is 0 Å². The molecule has 0 fully saturated rings. The Bertz CT molecular complexity index is 766. The van der Waals surface area contributed by atoms with Gasteiger partial charge in [0.2, 0.25) is 0 Å². The van der Waals surface area contributed by atoms with Crippen molar-refractivity contribution in [3.8, 4) is 0 Å². The molecule has 0 aliphatic rings. The first-order chi connectivity index (χ1) is 10.8. The van der Waals surface area contributed by atoms with Crippen molar-refractivity contribution in [2.75, 3.05) is 5.32 Å². The second kappa shape index (κ2) is 7.01. The molecule has 2 aromatic rings. The number of rotatable bonds is 4. The maximum atomic E-state index is 13.5. The van der Waals surface area contributed by atoms with Gasteiger partial charge >= 0.3 is 5.97 Å². The van der Waals surface area contributed by atoms with Crippen LogP contribution in [-0.4, -0.2) is 18.0 Å². The summed E-state index contributed by atoms with van der Waals surface area (Å²) in [5, 5.41) is 2.02. The molecule has 1 aromatic heterocycles. The summed E-state index contributed by atoms with van der Waals surface area (Å²) in [7, 11) is 0. The Morgan fingerprint density at radius 2 is 1.87 bits per heavy atom. The van der Waals surface area contributed by atoms with Crippen LogP contribution in [0.1, 0.15) is 16.6 Å². The molecule has 0 saturated heterocycles. The predicted octanol–water partition coefficient (Wildman–Crippen LogP) is 4.00. The quantitative estimate of drug-likeness (QED) is 0.659. The van der Waals surface area contributed by atoms with E-state index < -0.39 is 41.1 Å². The van der Waals surface area contributed by atoms with E-state index in [-0.39, 0.29) is 4.88 Å². The van der Waals surface area contributed by atoms with Gasteiger partial charge in [0.05, 0.1) is 10.0 Å². The standard InChI is InChI=1S/C14H9ClF3NO3S/c1-6(22-14(21)9-4-5-10(15)23-9)13(20)19-8-3-2-7(16)11(17)12(8)18/h2-6H,1H3,(H,19,20)/t6-/m0/s1. The molecule has 0 unspecified atom stereocenters. The Hall–Kier alpha value is -2.06. The zero-order valence-corrected chi connectivity index (χ0v) is 13.1. The molecule has 0 bridgehead atoms. The lowest BCUT2D eigenvalue weighted by Gasteiger charge is -2.13. The molecule has 122 valence electrons. The first kappa shape index (κ1) is 17.3. The summed E-state index contributed by atoms with van der Waals surface area (Å²) in [4.78, 5) is 23.8. The maximum absolute atomic E-state index is 13.5. The summed E-state index contributed by atoms with van der Waals surface area (Å²) >= 11 is 6.65. The third-order valence-corrected chi connectivity index (χ3v) is 3.93. The second-order valence-electron chi connectivity index (χ2n) is 4.36. The number of esters is 1. The SMILES string of the molecule is C[C@H](OC(=O)c1ccc(Cl)s1)C(=O)Nc1ccc(F)c(F)c1F. The minimum absolute atomic E-state index is 0.189. The van der Waals surface area contributed by atoms with Crippen LogP contribution in [-0.2, 0) is 9.53 Å². The van der Waals surface area contributed by atoms with Crippen LogP contribution in [0.15, 0.2) is 24.3 Å². The molecule has 4 nitrogen and oxygen atoms in total. The number of thiophene rings is 1. The fraction of sp³-hybridized carbons (Fsp3) is 0.143. The van der Waals surface area contributed by atoms with Gasteiger partial charge in [-0.3, -0.25) is 4.79 Å². The van der Waals surface area contributed by atoms with Gasteiger partial charge in [0.15, 0.2) is 23.6 Å². The molecule has 1 atom stereocenters. The predicted molar refractivity (Wildman–Crippen MR) is 79.2 cm³/mol. The minimum Gasteiger partial charge on any atom is -0.448 e. The van der Waals surface area contributed by atoms with Crippen LogP contribution in [0.3, 0.4) is 0 Å². The highest BCUT2D eigenvalue weighted by atomic mass is 35.5. The topological polar surface area (TPSA) is 55.4 Å². The van der Waals surface area contributed by atoms with Crippen molar-refractivity contribution in [2.45, 2.75) is 13.0 Å². The number of carbonyl (C=O) groups excluding carboxylic acids is 2. The highest BCUT2D eigenvalue weighted by molar-refractivity contribution is 7.17. The summed E-state index contributed by atoms with van der Waals surface area (Å²) in [6.07, 6.45) is -1.28. The van der Waals surface area contributed by atoms with Crippen molar-refractivity contribution in [3.63, 3.8) is 0 Å². The Labute approximate surface area is 137 Å². The molecule has 1 heterocycles. The highest BCUT2D eigenvalue weighted by Crippen LogP contribution is 2.23. The van der Waals surface area contributed by atoms with Crippen molar-refractivity contribution < 1.29 is 27.5 Å². The van der Waals surface area contributed by atoms with Crippen molar-refractivity contribution in [1.82, 2.24) is 0 Å². The van der Waals surface area contributed by atoms with Crippen LogP contribution in [0.2, 0.25) is 4.34 Å². The highest BCUT2D eigenvalue weighted by Gasteiger charge is 2.22. The van der Waals surface area contributed by atoms with E-state index in [9.17, 15) is 22.8 Å². The van der Waals surface area contributed by atoms with Gasteiger partial charge in [-0.15, -0.1) is 11.3 Å². The molecule has 1 aromatic carbocycles. The largest absolute Gasteiger partial charge is 0.448 e. The van der Waals surface area contributed by atoms with Crippen molar-refractivity contribution >= 4 is 40.5 Å². The van der Waals surface area contributed by atoms with Crippen LogP contribution in [0.4, 0.5) is 18.9 Å². The molecular formula is C14H9ClF3NO3S. The van der Waals surface area contributed by atoms with Gasteiger partial charge in [-0.05, 0) is 31.2 Å². The molecule has 0 aliphatic carbocycles. The number of anilines is 1. The first-order valence-electron chi connectivity index (χ1n) is 6.20. The summed E-state index contributed by atoms with van der Waals surface area (Å²) < 4.78 is 44.6. The van der Waals surface area contributed by atoms with Gasteiger partial charge in [0.1, 0.15) is 4.88 Å². The average molecular weight is 364 g/mol. The summed E-state index contributed by atoms with van der Waals surface area (Å²) in [5.41, 5.74) is -0.559. The van der Waals surface area contributed by atoms with E-state index >= 15 is 0 Å². The lowest BCUT2D eigenvalue weighted by molar-refractivity contribution is -0.123. The molecule has 0 spiro atoms. The van der Waals surface area contributed by atoms with E-state index in [1.807, 2.05) is 5.32 Å². The number of halogens is 4. The zero-order chi connectivity index (χ0) is 17.1. The van der Waals surface area contributed by atoms with Gasteiger partial charge in [0, 0.05) is 0 Å². The summed E-state index contributed by atoms with van der Waals surface area (Å²) in [6.45, 7) is 1.25. The fourth-order valence-electron chi connectivity index (χ4n) is 1.55. The van der Waals surface area contributed by atoms with Gasteiger partial charge in [-0.2, -0.15) is 0 Å². The Kier molecular flexibility index (Phi) is 5.27. The minimum atomic E-state index is -1.71. The van der Waals surface area contributed by atoms with Crippen LogP contribution in [0.25, 0.3) is 0 Å². The van der Waals surface area contributed by atoms with Crippen molar-refractivity contribution in [3.05, 3.63) is 50.9 Å². The molecular weight excluding hydrogens is 355 g/mol. The third kappa shape index (κ3) is 4.02. The monoisotopic (exact) mass is 363 g/mol. The van der Waals surface area contributed by atoms with E-state index in [4.69, 9.17) is 16.3 Å². The summed E-state index contributed by atoms with van der Waals surface area (Å²) in [5.74, 6) is -6.31. The van der Waals surface area contributed by atoms with Gasteiger partial charge in [0.25, 0.3) is 5.91 Å². The van der Waals surface area contributed by atoms with E-state index in [2.05, 4.69) is 0 Å². The van der Waals surface area contributed by atoms with Crippen LogP contribution >= 0.6 is 22.9 Å². The molecule has 0 radical (unpaired) electrons. The van der Waals surface area contributed by atoms with E-state index in [1.165, 1.54) is 19.1 Å². The van der Waals surface area contributed by atoms with Gasteiger partial charge in [-0.25, -0.2) is 18.0 Å². The molecule has 0 aliphatic heterocycles. The number of hydrogen-bond donors (Lipinski definition) is 1. The Morgan fingerprint density at radius 3 is 2.48 bits per heavy atom. The third-order valence-electron chi connectivity index (χ3n) is 2.72. The van der Waals surface area contributed by atoms with Crippen LogP contribution in [0, 0.1) is 17.5 Å². The second-order valence-corrected chi connectivity index (χ2v) is 6.08. The van der Waals surface area contributed by atoms with Crippen molar-refractivity contribution in [2.24, 2.45) is 0 Å². The number of ether oxygens (including phenoxy) is 1. The van der Waals surface area contributed by atoms with E-state index in [1.54, 1.807) is 0 Å². The number of carbonyl (C=O) groups is 2. The summed E-state index contributed by atoms with van der Waals surface area (Å²) in [6, 6.07) is 4.44. The van der Waals surface area contributed by atoms with Gasteiger partial charge < -0.3 is 10.1 Å². The first-order valence-corrected chi connectivity index (χ1v) is 7.39. The lowest BCUT2D eigenvalue weighted by atomic mass is 10.2. The van der Waals surface area contributed by atoms with E-state index in [0.29, 0.717) is 10.4 Å². The number of hydrogen-bond acceptors (Lipinski definition) is 4. The average Bonchev–Trinajstić information content (AvgIpc) is 2.94. The van der Waals surface area contributed by atoms with Gasteiger partial charge in [-0.1, -0.05) is 11.6 Å². The zero-order valence-electron chi connectivity index (χ0n) is 11.5. The molecule has 9 heteroatoms. The molecule has 1 amide bonds. The smallest absolute Gasteiger partial charge is 0.349 e. The van der Waals surface area contributed by atoms with Crippen LogP contribution in [0.5, 0.6) is 0 Å². The fourth-order valence-corrected chi connectivity index (χ4v) is 2.48. The maximum Gasteiger partial charge on any atom is 0.349 e. The molecule has 1 N–H and O–H groups in total. The number of nitrogens with one attached hydrogen (secondary N) is 1. The molecule has 0 saturated carbocycles. The Morgan fingerprint density at radius 1 is 1.17 bits per heavy atom. The normalized spacial score (nSPS) is 11.9. The van der Waals surface area contributed by atoms with E-state index in [0.717, 1.165) is 17.4 Å². The number of amides is 1.